The Balaban J connectivity index is 0.000000921. The Hall–Kier alpha value is -1.51. The topological polar surface area (TPSA) is 41.1 Å². The molecule has 0 bridgehead atoms. The first-order chi connectivity index (χ1) is 7.27. The van der Waals surface area contributed by atoms with Gasteiger partial charge in [0.15, 0.2) is 0 Å². The number of hydrogen-bond donors (Lipinski definition) is 2. The molecule has 3 nitrogen and oxygen atoms in total. The first kappa shape index (κ1) is 13.5. The highest BCUT2D eigenvalue weighted by Crippen LogP contribution is 2.07. The molecule has 0 saturated carbocycles. The van der Waals surface area contributed by atoms with Gasteiger partial charge >= 0.3 is 0 Å². The predicted molar refractivity (Wildman–Crippen MR) is 65.3 cm³/mol. The van der Waals surface area contributed by atoms with E-state index < -0.39 is 0 Å². The van der Waals surface area contributed by atoms with Crippen molar-refractivity contribution in [2.24, 2.45) is 0 Å². The van der Waals surface area contributed by atoms with Crippen molar-refractivity contribution in [3.63, 3.8) is 0 Å². The number of anilines is 1. The number of rotatable bonds is 3. The fourth-order valence-corrected chi connectivity index (χ4v) is 1.05. The maximum absolute atomic E-state index is 11.3. The van der Waals surface area contributed by atoms with Crippen molar-refractivity contribution < 1.29 is 4.79 Å². The van der Waals surface area contributed by atoms with Gasteiger partial charge in [0, 0.05) is 24.8 Å². The van der Waals surface area contributed by atoms with Crippen molar-refractivity contribution in [3.8, 4) is 0 Å². The van der Waals surface area contributed by atoms with Gasteiger partial charge < -0.3 is 10.6 Å². The Kier molecular flexibility index (Phi) is 7.06. The number of benzene rings is 1. The average Bonchev–Trinajstić information content (AvgIpc) is 2.32. The lowest BCUT2D eigenvalue weighted by Crippen LogP contribution is -2.22. The number of carbonyl (C=O) groups excluding carboxylic acids is 1. The van der Waals surface area contributed by atoms with Gasteiger partial charge in [-0.1, -0.05) is 13.8 Å². The molecule has 0 aliphatic heterocycles. The van der Waals surface area contributed by atoms with Crippen LogP contribution in [0.5, 0.6) is 0 Å². The minimum absolute atomic E-state index is 0.0230. The van der Waals surface area contributed by atoms with Gasteiger partial charge in [0.1, 0.15) is 0 Å². The molecule has 0 heterocycles. The van der Waals surface area contributed by atoms with E-state index in [4.69, 9.17) is 0 Å². The van der Waals surface area contributed by atoms with E-state index >= 15 is 0 Å². The first-order valence-corrected chi connectivity index (χ1v) is 5.34. The molecule has 0 unspecified atom stereocenters. The molecular formula is C12H20N2O. The van der Waals surface area contributed by atoms with E-state index in [9.17, 15) is 4.79 Å². The monoisotopic (exact) mass is 208 g/mol. The minimum atomic E-state index is -0.0230. The Labute approximate surface area is 91.9 Å². The number of nitrogens with one attached hydrogen (secondary N) is 2. The van der Waals surface area contributed by atoms with Gasteiger partial charge in [-0.3, -0.25) is 4.79 Å². The lowest BCUT2D eigenvalue weighted by molar-refractivity contribution is 0.0956. The smallest absolute Gasteiger partial charge is 0.251 e. The Morgan fingerprint density at radius 3 is 2.13 bits per heavy atom. The normalized spacial score (nSPS) is 8.53. The molecule has 0 aliphatic rings. The molecule has 0 aromatic heterocycles. The molecular weight excluding hydrogens is 188 g/mol. The van der Waals surface area contributed by atoms with Crippen LogP contribution in [0.15, 0.2) is 24.3 Å². The van der Waals surface area contributed by atoms with E-state index in [1.54, 1.807) is 12.1 Å². The summed E-state index contributed by atoms with van der Waals surface area (Å²) in [5.74, 6) is -0.0230. The third-order valence-corrected chi connectivity index (χ3v) is 1.77. The first-order valence-electron chi connectivity index (χ1n) is 5.34. The van der Waals surface area contributed by atoms with Crippen LogP contribution >= 0.6 is 0 Å². The average molecular weight is 208 g/mol. The van der Waals surface area contributed by atoms with E-state index in [-0.39, 0.29) is 5.91 Å². The zero-order valence-electron chi connectivity index (χ0n) is 9.92. The molecule has 1 amide bonds. The molecule has 1 aromatic carbocycles. The fraction of sp³-hybridized carbons (Fsp3) is 0.417. The number of hydrogen-bond acceptors (Lipinski definition) is 2. The van der Waals surface area contributed by atoms with Crippen molar-refractivity contribution in [2.45, 2.75) is 20.8 Å². The van der Waals surface area contributed by atoms with Gasteiger partial charge in [-0.15, -0.1) is 0 Å². The summed E-state index contributed by atoms with van der Waals surface area (Å²) in [6.45, 7) is 6.56. The van der Waals surface area contributed by atoms with Crippen LogP contribution in [0.25, 0.3) is 0 Å². The Morgan fingerprint density at radius 2 is 1.73 bits per heavy atom. The lowest BCUT2D eigenvalue weighted by atomic mass is 10.2. The molecule has 1 aromatic rings. The highest BCUT2D eigenvalue weighted by Gasteiger charge is 2.01. The summed E-state index contributed by atoms with van der Waals surface area (Å²) in [5, 5.41) is 5.73. The second-order valence-electron chi connectivity index (χ2n) is 2.69. The van der Waals surface area contributed by atoms with Gasteiger partial charge in [-0.25, -0.2) is 0 Å². The lowest BCUT2D eigenvalue weighted by Gasteiger charge is -2.03. The van der Waals surface area contributed by atoms with Gasteiger partial charge in [0.2, 0.25) is 0 Å². The fourth-order valence-electron chi connectivity index (χ4n) is 1.05. The SMILES string of the molecule is CC.CCNC(=O)c1ccc(NC)cc1. The summed E-state index contributed by atoms with van der Waals surface area (Å²) in [6.07, 6.45) is 0. The summed E-state index contributed by atoms with van der Waals surface area (Å²) < 4.78 is 0. The van der Waals surface area contributed by atoms with E-state index in [2.05, 4.69) is 10.6 Å². The summed E-state index contributed by atoms with van der Waals surface area (Å²) in [5.41, 5.74) is 1.70. The maximum atomic E-state index is 11.3. The molecule has 0 radical (unpaired) electrons. The summed E-state index contributed by atoms with van der Waals surface area (Å²) in [6, 6.07) is 7.36. The largest absolute Gasteiger partial charge is 0.388 e. The second-order valence-corrected chi connectivity index (χ2v) is 2.69. The summed E-state index contributed by atoms with van der Waals surface area (Å²) in [7, 11) is 1.85. The third kappa shape index (κ3) is 4.49. The van der Waals surface area contributed by atoms with Crippen molar-refractivity contribution >= 4 is 11.6 Å². The van der Waals surface area contributed by atoms with Crippen molar-refractivity contribution in [2.75, 3.05) is 18.9 Å². The van der Waals surface area contributed by atoms with Gasteiger partial charge in [0.05, 0.1) is 0 Å². The van der Waals surface area contributed by atoms with Crippen LogP contribution in [-0.4, -0.2) is 19.5 Å². The summed E-state index contributed by atoms with van der Waals surface area (Å²) in [4.78, 5) is 11.3. The van der Waals surface area contributed by atoms with Crippen LogP contribution in [0.3, 0.4) is 0 Å². The van der Waals surface area contributed by atoms with E-state index in [1.807, 2.05) is 40.0 Å². The molecule has 1 rings (SSSR count). The van der Waals surface area contributed by atoms with Gasteiger partial charge in [-0.05, 0) is 31.2 Å². The minimum Gasteiger partial charge on any atom is -0.388 e. The van der Waals surface area contributed by atoms with Crippen molar-refractivity contribution in [1.29, 1.82) is 0 Å². The standard InChI is InChI=1S/C10H14N2O.C2H6/c1-3-12-10(13)8-4-6-9(11-2)7-5-8;1-2/h4-7,11H,3H2,1-2H3,(H,12,13);1-2H3. The predicted octanol–water partition coefficient (Wildman–Crippen LogP) is 2.50. The quantitative estimate of drug-likeness (QED) is 0.801. The van der Waals surface area contributed by atoms with Crippen LogP contribution < -0.4 is 10.6 Å². The molecule has 84 valence electrons. The van der Waals surface area contributed by atoms with Gasteiger partial charge in [0.25, 0.3) is 5.91 Å². The zero-order chi connectivity index (χ0) is 11.7. The molecule has 2 N–H and O–H groups in total. The molecule has 0 fully saturated rings. The molecule has 15 heavy (non-hydrogen) atoms. The van der Waals surface area contributed by atoms with E-state index in [0.717, 1.165) is 5.69 Å². The highest BCUT2D eigenvalue weighted by atomic mass is 16.1. The highest BCUT2D eigenvalue weighted by molar-refractivity contribution is 5.94. The van der Waals surface area contributed by atoms with Crippen LogP contribution in [-0.2, 0) is 0 Å². The van der Waals surface area contributed by atoms with E-state index in [1.165, 1.54) is 0 Å². The van der Waals surface area contributed by atoms with Crippen LogP contribution in [0.4, 0.5) is 5.69 Å². The molecule has 3 heteroatoms. The van der Waals surface area contributed by atoms with Crippen LogP contribution in [0.1, 0.15) is 31.1 Å². The molecule has 0 spiro atoms. The van der Waals surface area contributed by atoms with Crippen molar-refractivity contribution in [3.05, 3.63) is 29.8 Å². The third-order valence-electron chi connectivity index (χ3n) is 1.77. The Morgan fingerprint density at radius 1 is 1.20 bits per heavy atom. The van der Waals surface area contributed by atoms with Crippen LogP contribution in [0.2, 0.25) is 0 Å². The van der Waals surface area contributed by atoms with E-state index in [0.29, 0.717) is 12.1 Å². The summed E-state index contributed by atoms with van der Waals surface area (Å²) >= 11 is 0. The maximum Gasteiger partial charge on any atom is 0.251 e. The number of amides is 1. The zero-order valence-corrected chi connectivity index (χ0v) is 9.92. The number of carbonyl (C=O) groups is 1. The second kappa shape index (κ2) is 7.85. The Bertz CT molecular complexity index is 280. The molecule has 0 saturated heterocycles. The van der Waals surface area contributed by atoms with Gasteiger partial charge in [-0.2, -0.15) is 0 Å². The van der Waals surface area contributed by atoms with Crippen LogP contribution in [0, 0.1) is 0 Å². The molecule has 0 atom stereocenters. The molecule has 0 aliphatic carbocycles. The van der Waals surface area contributed by atoms with Crippen molar-refractivity contribution in [1.82, 2.24) is 5.32 Å².